The Balaban J connectivity index is 2.10. The Labute approximate surface area is 115 Å². The van der Waals surface area contributed by atoms with Gasteiger partial charge in [-0.05, 0) is 36.3 Å². The molecule has 1 atom stereocenters. The van der Waals surface area contributed by atoms with Crippen molar-refractivity contribution in [1.82, 2.24) is 10.2 Å². The Hall–Kier alpha value is -1.57. The molecule has 1 aromatic heterocycles. The van der Waals surface area contributed by atoms with Crippen molar-refractivity contribution >= 4 is 0 Å². The molecular weight excluding hydrogens is 232 g/mol. The van der Waals surface area contributed by atoms with Gasteiger partial charge in [0.25, 0.3) is 0 Å². The van der Waals surface area contributed by atoms with E-state index in [4.69, 9.17) is 0 Å². The summed E-state index contributed by atoms with van der Waals surface area (Å²) in [7, 11) is 0. The molecule has 0 saturated heterocycles. The van der Waals surface area contributed by atoms with Crippen molar-refractivity contribution in [3.05, 3.63) is 52.8 Å². The van der Waals surface area contributed by atoms with Crippen LogP contribution >= 0.6 is 0 Å². The Morgan fingerprint density at radius 3 is 2.68 bits per heavy atom. The Morgan fingerprint density at radius 2 is 1.95 bits per heavy atom. The fourth-order valence-electron chi connectivity index (χ4n) is 3.31. The smallest absolute Gasteiger partial charge is 0.0759 e. The summed E-state index contributed by atoms with van der Waals surface area (Å²) < 4.78 is 0. The van der Waals surface area contributed by atoms with Crippen LogP contribution in [-0.2, 0) is 11.8 Å². The molecule has 0 fully saturated rings. The first-order valence-electron chi connectivity index (χ1n) is 7.24. The molecule has 1 N–H and O–H groups in total. The first-order chi connectivity index (χ1) is 9.10. The van der Waals surface area contributed by atoms with Crippen LogP contribution in [0.2, 0.25) is 0 Å². The number of hydrogen-bond donors (Lipinski definition) is 1. The van der Waals surface area contributed by atoms with Gasteiger partial charge in [0, 0.05) is 11.1 Å². The Bertz CT molecular complexity index is 566. The van der Waals surface area contributed by atoms with E-state index in [1.807, 2.05) is 0 Å². The minimum Gasteiger partial charge on any atom is -0.282 e. The number of rotatable bonds is 2. The van der Waals surface area contributed by atoms with Gasteiger partial charge in [-0.1, -0.05) is 51.1 Å². The van der Waals surface area contributed by atoms with E-state index >= 15 is 0 Å². The summed E-state index contributed by atoms with van der Waals surface area (Å²) in [6.07, 6.45) is 3.71. The fraction of sp³-hybridized carbons (Fsp3) is 0.471. The zero-order valence-corrected chi connectivity index (χ0v) is 12.0. The molecule has 1 aromatic carbocycles. The van der Waals surface area contributed by atoms with Crippen molar-refractivity contribution in [1.29, 1.82) is 0 Å². The van der Waals surface area contributed by atoms with Crippen molar-refractivity contribution in [3.63, 3.8) is 0 Å². The second kappa shape index (κ2) is 4.52. The van der Waals surface area contributed by atoms with Crippen LogP contribution in [0.5, 0.6) is 0 Å². The van der Waals surface area contributed by atoms with Crippen LogP contribution < -0.4 is 0 Å². The van der Waals surface area contributed by atoms with Crippen molar-refractivity contribution in [2.45, 2.75) is 51.4 Å². The van der Waals surface area contributed by atoms with Gasteiger partial charge in [-0.3, -0.25) is 5.10 Å². The van der Waals surface area contributed by atoms with Crippen LogP contribution in [0.15, 0.2) is 30.3 Å². The molecule has 0 saturated carbocycles. The number of nitrogens with one attached hydrogen (secondary N) is 1. The van der Waals surface area contributed by atoms with E-state index in [-0.39, 0.29) is 5.41 Å². The molecule has 1 heterocycles. The van der Waals surface area contributed by atoms with Gasteiger partial charge in [-0.25, -0.2) is 0 Å². The molecule has 0 unspecified atom stereocenters. The zero-order valence-electron chi connectivity index (χ0n) is 12.0. The van der Waals surface area contributed by atoms with Gasteiger partial charge < -0.3 is 0 Å². The molecule has 1 aliphatic rings. The first-order valence-corrected chi connectivity index (χ1v) is 7.24. The Morgan fingerprint density at radius 1 is 1.21 bits per heavy atom. The minimum absolute atomic E-state index is 0.0308. The number of fused-ring (bicyclic) bond motifs is 1. The van der Waals surface area contributed by atoms with Gasteiger partial charge in [-0.2, -0.15) is 5.10 Å². The Kier molecular flexibility index (Phi) is 2.96. The van der Waals surface area contributed by atoms with Crippen molar-refractivity contribution < 1.29 is 0 Å². The van der Waals surface area contributed by atoms with Gasteiger partial charge in [0.1, 0.15) is 0 Å². The molecule has 0 spiro atoms. The quantitative estimate of drug-likeness (QED) is 0.856. The SMILES string of the molecule is C[C@@H]1CCCc2[nH]nc(C(C)(C)c3ccccc3)c21. The molecular formula is C17H22N2. The second-order valence-corrected chi connectivity index (χ2v) is 6.25. The van der Waals surface area contributed by atoms with Gasteiger partial charge >= 0.3 is 0 Å². The topological polar surface area (TPSA) is 28.7 Å². The average molecular weight is 254 g/mol. The maximum absolute atomic E-state index is 4.67. The third-order valence-corrected chi connectivity index (χ3v) is 4.53. The molecule has 0 bridgehead atoms. The fourth-order valence-corrected chi connectivity index (χ4v) is 3.31. The van der Waals surface area contributed by atoms with E-state index < -0.39 is 0 Å². The predicted octanol–water partition coefficient (Wildman–Crippen LogP) is 4.18. The molecule has 3 rings (SSSR count). The lowest BCUT2D eigenvalue weighted by Crippen LogP contribution is -2.22. The van der Waals surface area contributed by atoms with Crippen LogP contribution in [0.4, 0.5) is 0 Å². The summed E-state index contributed by atoms with van der Waals surface area (Å²) in [4.78, 5) is 0. The van der Waals surface area contributed by atoms with Crippen LogP contribution in [0.25, 0.3) is 0 Å². The molecule has 19 heavy (non-hydrogen) atoms. The highest BCUT2D eigenvalue weighted by Gasteiger charge is 2.33. The van der Waals surface area contributed by atoms with Gasteiger partial charge in [0.05, 0.1) is 5.69 Å². The number of aryl methyl sites for hydroxylation is 1. The van der Waals surface area contributed by atoms with Crippen LogP contribution in [-0.4, -0.2) is 10.2 Å². The van der Waals surface area contributed by atoms with E-state index in [0.29, 0.717) is 5.92 Å². The highest BCUT2D eigenvalue weighted by Crippen LogP contribution is 2.40. The van der Waals surface area contributed by atoms with Gasteiger partial charge in [-0.15, -0.1) is 0 Å². The van der Waals surface area contributed by atoms with E-state index in [1.54, 1.807) is 0 Å². The highest BCUT2D eigenvalue weighted by atomic mass is 15.1. The summed E-state index contributed by atoms with van der Waals surface area (Å²) in [5, 5.41) is 7.95. The van der Waals surface area contributed by atoms with E-state index in [2.05, 4.69) is 61.3 Å². The molecule has 0 amide bonds. The lowest BCUT2D eigenvalue weighted by Gasteiger charge is -2.28. The monoisotopic (exact) mass is 254 g/mol. The predicted molar refractivity (Wildman–Crippen MR) is 78.5 cm³/mol. The molecule has 0 radical (unpaired) electrons. The highest BCUT2D eigenvalue weighted by molar-refractivity contribution is 5.42. The summed E-state index contributed by atoms with van der Waals surface area (Å²) >= 11 is 0. The zero-order chi connectivity index (χ0) is 13.5. The summed E-state index contributed by atoms with van der Waals surface area (Å²) in [5.74, 6) is 0.625. The number of hydrogen-bond acceptors (Lipinski definition) is 1. The maximum Gasteiger partial charge on any atom is 0.0759 e. The molecule has 2 aromatic rings. The normalized spacial score (nSPS) is 19.2. The van der Waals surface area contributed by atoms with Crippen molar-refractivity contribution in [2.24, 2.45) is 0 Å². The molecule has 100 valence electrons. The summed E-state index contributed by atoms with van der Waals surface area (Å²) in [5.41, 5.74) is 5.37. The average Bonchev–Trinajstić information content (AvgIpc) is 2.86. The molecule has 0 aliphatic heterocycles. The number of aromatic amines is 1. The van der Waals surface area contributed by atoms with Crippen LogP contribution in [0.3, 0.4) is 0 Å². The molecule has 2 nitrogen and oxygen atoms in total. The van der Waals surface area contributed by atoms with E-state index in [1.165, 1.54) is 35.4 Å². The second-order valence-electron chi connectivity index (χ2n) is 6.25. The number of aromatic nitrogens is 2. The molecule has 1 aliphatic carbocycles. The van der Waals surface area contributed by atoms with Crippen LogP contribution in [0.1, 0.15) is 62.0 Å². The largest absolute Gasteiger partial charge is 0.282 e. The van der Waals surface area contributed by atoms with E-state index in [9.17, 15) is 0 Å². The third kappa shape index (κ3) is 1.99. The van der Waals surface area contributed by atoms with E-state index in [0.717, 1.165) is 6.42 Å². The van der Waals surface area contributed by atoms with Crippen LogP contribution in [0, 0.1) is 0 Å². The summed E-state index contributed by atoms with van der Waals surface area (Å²) in [6.45, 7) is 6.89. The standard InChI is InChI=1S/C17H22N2/c1-12-8-7-11-14-15(12)16(19-18-14)17(2,3)13-9-5-4-6-10-13/h4-6,9-10,12H,7-8,11H2,1-3H3,(H,18,19)/t12-/m1/s1. The minimum atomic E-state index is -0.0308. The molecule has 2 heteroatoms. The van der Waals surface area contributed by atoms with Crippen molar-refractivity contribution in [2.75, 3.05) is 0 Å². The lowest BCUT2D eigenvalue weighted by atomic mass is 9.75. The first kappa shape index (κ1) is 12.5. The van der Waals surface area contributed by atoms with Gasteiger partial charge in [0.2, 0.25) is 0 Å². The van der Waals surface area contributed by atoms with Gasteiger partial charge in [0.15, 0.2) is 0 Å². The van der Waals surface area contributed by atoms with Crippen molar-refractivity contribution in [3.8, 4) is 0 Å². The maximum atomic E-state index is 4.67. The lowest BCUT2D eigenvalue weighted by molar-refractivity contribution is 0.556. The number of nitrogens with zero attached hydrogens (tertiary/aromatic N) is 1. The summed E-state index contributed by atoms with van der Waals surface area (Å²) in [6, 6.07) is 10.7. The number of benzene rings is 1. The number of H-pyrrole nitrogens is 1. The third-order valence-electron chi connectivity index (χ3n) is 4.53.